The van der Waals surface area contributed by atoms with Crippen molar-refractivity contribution in [2.75, 3.05) is 19.8 Å². The normalized spacial score (nSPS) is 32.6. The summed E-state index contributed by atoms with van der Waals surface area (Å²) in [5.41, 5.74) is 0.913. The standard InChI is InChI=1S/C53H78O12/c1-10-13-14-15-16-17-18-25-31-57-53-48(60-39(9)54)42(30-32-58-51-46(36(6)34(4)43(11-2)61-51)64-49(55)40-26-21-19-22-27-40)38(8)45(63-53)33-59-52-47(37(7)35(5)44(12-3)62-52)65-50(56)41-28-23-20-24-29-41/h10,19-24,26-29,34-38,42-48,51-53H,1,11-18,25,30-33H2,2-9H3. The van der Waals surface area contributed by atoms with Crippen LogP contribution in [-0.4, -0.2) is 93.2 Å². The highest BCUT2D eigenvalue weighted by Crippen LogP contribution is 2.40. The number of hydrogen-bond donors (Lipinski definition) is 0. The van der Waals surface area contributed by atoms with Gasteiger partial charge in [0.15, 0.2) is 37.2 Å². The molecule has 15 unspecified atom stereocenters. The molecule has 12 nitrogen and oxygen atoms in total. The predicted octanol–water partition coefficient (Wildman–Crippen LogP) is 10.5. The van der Waals surface area contributed by atoms with Crippen molar-refractivity contribution >= 4 is 17.9 Å². The Kier molecular flexibility index (Phi) is 21.4. The van der Waals surface area contributed by atoms with Crippen molar-refractivity contribution < 1.29 is 57.0 Å². The third kappa shape index (κ3) is 14.7. The topological polar surface area (TPSA) is 134 Å². The Hall–Kier alpha value is -3.65. The second kappa shape index (κ2) is 26.6. The van der Waals surface area contributed by atoms with Crippen molar-refractivity contribution in [2.45, 2.75) is 175 Å². The van der Waals surface area contributed by atoms with E-state index in [0.717, 1.165) is 51.4 Å². The molecule has 3 heterocycles. The van der Waals surface area contributed by atoms with Gasteiger partial charge in [-0.2, -0.15) is 0 Å². The van der Waals surface area contributed by atoms with Crippen molar-refractivity contribution in [1.29, 1.82) is 0 Å². The monoisotopic (exact) mass is 907 g/mol. The fraction of sp³-hybridized carbons (Fsp3) is 0.679. The number of ether oxygens (including phenoxy) is 9. The lowest BCUT2D eigenvalue weighted by Crippen LogP contribution is -2.56. The van der Waals surface area contributed by atoms with Crippen LogP contribution in [0.5, 0.6) is 0 Å². The highest BCUT2D eigenvalue weighted by atomic mass is 16.7. The highest BCUT2D eigenvalue weighted by molar-refractivity contribution is 5.90. The smallest absolute Gasteiger partial charge is 0.338 e. The highest BCUT2D eigenvalue weighted by Gasteiger charge is 2.49. The maximum Gasteiger partial charge on any atom is 0.338 e. The van der Waals surface area contributed by atoms with E-state index in [0.29, 0.717) is 24.2 Å². The quantitative estimate of drug-likeness (QED) is 0.0429. The van der Waals surface area contributed by atoms with E-state index in [1.165, 1.54) is 13.3 Å². The zero-order chi connectivity index (χ0) is 46.9. The molecule has 0 saturated carbocycles. The van der Waals surface area contributed by atoms with E-state index in [2.05, 4.69) is 55.0 Å². The minimum absolute atomic E-state index is 0.0376. The van der Waals surface area contributed by atoms with Crippen LogP contribution in [-0.2, 0) is 47.4 Å². The second-order valence-corrected chi connectivity index (χ2v) is 18.5. The van der Waals surface area contributed by atoms with E-state index in [1.54, 1.807) is 24.3 Å². The molecule has 0 aromatic heterocycles. The van der Waals surface area contributed by atoms with Gasteiger partial charge in [-0.3, -0.25) is 4.79 Å². The van der Waals surface area contributed by atoms with Crippen molar-refractivity contribution in [3.63, 3.8) is 0 Å². The summed E-state index contributed by atoms with van der Waals surface area (Å²) in [6.07, 6.45) is 6.12. The number of carbonyl (C=O) groups excluding carboxylic acids is 3. The first-order chi connectivity index (χ1) is 31.4. The summed E-state index contributed by atoms with van der Waals surface area (Å²) in [5, 5.41) is 0. The van der Waals surface area contributed by atoms with Crippen molar-refractivity contribution in [3.05, 3.63) is 84.4 Å². The number of allylic oxidation sites excluding steroid dienone is 1. The van der Waals surface area contributed by atoms with Gasteiger partial charge in [-0.05, 0) is 80.5 Å². The molecule has 3 saturated heterocycles. The molecular weight excluding hydrogens is 829 g/mol. The summed E-state index contributed by atoms with van der Waals surface area (Å²) in [6.45, 7) is 20.6. The molecular formula is C53H78O12. The number of esters is 3. The van der Waals surface area contributed by atoms with Gasteiger partial charge in [0.2, 0.25) is 0 Å². The summed E-state index contributed by atoms with van der Waals surface area (Å²) in [6, 6.07) is 17.9. The first-order valence-electron chi connectivity index (χ1n) is 24.5. The van der Waals surface area contributed by atoms with Crippen LogP contribution in [0.3, 0.4) is 0 Å². The molecule has 5 rings (SSSR count). The third-order valence-electron chi connectivity index (χ3n) is 14.1. The first-order valence-corrected chi connectivity index (χ1v) is 24.5. The average Bonchev–Trinajstić information content (AvgIpc) is 3.31. The van der Waals surface area contributed by atoms with Gasteiger partial charge in [0.05, 0.1) is 42.7 Å². The molecule has 12 heteroatoms. The largest absolute Gasteiger partial charge is 0.457 e. The van der Waals surface area contributed by atoms with E-state index in [1.807, 2.05) is 42.5 Å². The molecule has 2 aromatic rings. The Morgan fingerprint density at radius 2 is 1.02 bits per heavy atom. The maximum atomic E-state index is 13.4. The molecule has 362 valence electrons. The van der Waals surface area contributed by atoms with Crippen LogP contribution in [0, 0.1) is 35.5 Å². The number of rotatable bonds is 24. The van der Waals surface area contributed by atoms with Gasteiger partial charge in [0, 0.05) is 31.3 Å². The van der Waals surface area contributed by atoms with Crippen LogP contribution in [0.1, 0.15) is 140 Å². The number of hydrogen-bond acceptors (Lipinski definition) is 12. The molecule has 0 aliphatic carbocycles. The maximum absolute atomic E-state index is 13.4. The van der Waals surface area contributed by atoms with Crippen LogP contribution in [0.2, 0.25) is 0 Å². The van der Waals surface area contributed by atoms with Crippen LogP contribution < -0.4 is 0 Å². The second-order valence-electron chi connectivity index (χ2n) is 18.5. The van der Waals surface area contributed by atoms with Crippen LogP contribution in [0.25, 0.3) is 0 Å². The Labute approximate surface area is 388 Å². The van der Waals surface area contributed by atoms with Crippen LogP contribution in [0.4, 0.5) is 0 Å². The van der Waals surface area contributed by atoms with E-state index >= 15 is 0 Å². The molecule has 15 atom stereocenters. The van der Waals surface area contributed by atoms with Gasteiger partial charge in [-0.25, -0.2) is 9.59 Å². The van der Waals surface area contributed by atoms with Crippen molar-refractivity contribution in [2.24, 2.45) is 35.5 Å². The van der Waals surface area contributed by atoms with Crippen molar-refractivity contribution in [1.82, 2.24) is 0 Å². The minimum Gasteiger partial charge on any atom is -0.457 e. The number of benzene rings is 2. The van der Waals surface area contributed by atoms with Crippen LogP contribution >= 0.6 is 0 Å². The van der Waals surface area contributed by atoms with Gasteiger partial charge in [-0.15, -0.1) is 6.58 Å². The molecule has 65 heavy (non-hydrogen) atoms. The number of carbonyl (C=O) groups is 3. The molecule has 2 aromatic carbocycles. The Morgan fingerprint density at radius 3 is 1.52 bits per heavy atom. The fourth-order valence-electron chi connectivity index (χ4n) is 9.62. The van der Waals surface area contributed by atoms with Crippen LogP contribution in [0.15, 0.2) is 73.3 Å². The van der Waals surface area contributed by atoms with Gasteiger partial charge < -0.3 is 42.6 Å². The summed E-state index contributed by atoms with van der Waals surface area (Å²) < 4.78 is 57.9. The lowest BCUT2D eigenvalue weighted by molar-refractivity contribution is -0.311. The molecule has 3 aliphatic rings. The predicted molar refractivity (Wildman–Crippen MR) is 248 cm³/mol. The third-order valence-corrected chi connectivity index (χ3v) is 14.1. The molecule has 0 amide bonds. The van der Waals surface area contributed by atoms with Crippen molar-refractivity contribution in [3.8, 4) is 0 Å². The Bertz CT molecular complexity index is 1720. The van der Waals surface area contributed by atoms with Gasteiger partial charge >= 0.3 is 17.9 Å². The molecule has 0 spiro atoms. The molecule has 0 bridgehead atoms. The lowest BCUT2D eigenvalue weighted by Gasteiger charge is -2.47. The minimum atomic E-state index is -0.876. The zero-order valence-corrected chi connectivity index (χ0v) is 40.3. The molecule has 0 radical (unpaired) electrons. The summed E-state index contributed by atoms with van der Waals surface area (Å²) in [4.78, 5) is 39.6. The summed E-state index contributed by atoms with van der Waals surface area (Å²) >= 11 is 0. The average molecular weight is 907 g/mol. The van der Waals surface area contributed by atoms with Gasteiger partial charge in [0.25, 0.3) is 0 Å². The zero-order valence-electron chi connectivity index (χ0n) is 40.3. The Morgan fingerprint density at radius 1 is 0.554 bits per heavy atom. The van der Waals surface area contributed by atoms with E-state index in [9.17, 15) is 14.4 Å². The first kappa shape index (κ1) is 52.3. The lowest BCUT2D eigenvalue weighted by atomic mass is 9.80. The summed E-state index contributed by atoms with van der Waals surface area (Å²) in [5.74, 6) is -1.66. The SMILES string of the molecule is C=CCCCCCCCCOC1OC(COC2OC(CC)C(C)C(C)C2OC(=O)c2ccccc2)C(C)C(CCOC2OC(CC)C(C)C(C)C2OC(=O)c2ccccc2)C1OC(C)=O. The molecule has 0 N–H and O–H groups in total. The van der Waals surface area contributed by atoms with E-state index < -0.39 is 61.2 Å². The summed E-state index contributed by atoms with van der Waals surface area (Å²) in [7, 11) is 0. The molecule has 3 fully saturated rings. The van der Waals surface area contributed by atoms with Gasteiger partial charge in [-0.1, -0.05) is 117 Å². The number of unbranched alkanes of at least 4 members (excludes halogenated alkanes) is 6. The van der Waals surface area contributed by atoms with E-state index in [4.69, 9.17) is 42.6 Å². The fourth-order valence-corrected chi connectivity index (χ4v) is 9.62. The van der Waals surface area contributed by atoms with Gasteiger partial charge in [0.1, 0.15) is 0 Å². The van der Waals surface area contributed by atoms with E-state index in [-0.39, 0.29) is 60.9 Å². The Balaban J connectivity index is 1.34. The molecule has 3 aliphatic heterocycles.